The lowest BCUT2D eigenvalue weighted by Gasteiger charge is -2.30. The highest BCUT2D eigenvalue weighted by atomic mass is 32.2. The maximum absolute atomic E-state index is 12.5. The summed E-state index contributed by atoms with van der Waals surface area (Å²) in [4.78, 5) is 37.0. The third kappa shape index (κ3) is 24.8. The monoisotopic (exact) mass is 628 g/mol. The Labute approximate surface area is 269 Å². The number of rotatable bonds is 27. The summed E-state index contributed by atoms with van der Waals surface area (Å²) in [7, 11) is 0. The number of hydrogen-bond acceptors (Lipinski definition) is 7. The Hall–Kier alpha value is -1.16. The smallest absolute Gasteiger partial charge is 0.220 e. The molecule has 0 saturated heterocycles. The minimum atomic E-state index is -0.157. The highest BCUT2D eigenvalue weighted by Gasteiger charge is 2.23. The Bertz CT molecular complexity index is 764. The van der Waals surface area contributed by atoms with Gasteiger partial charge in [0.2, 0.25) is 11.8 Å². The van der Waals surface area contributed by atoms with E-state index in [4.69, 9.17) is 0 Å². The largest absolute Gasteiger partial charge is 0.355 e. The molecule has 0 fully saturated rings. The van der Waals surface area contributed by atoms with Gasteiger partial charge in [-0.25, -0.2) is 0 Å². The van der Waals surface area contributed by atoms with Crippen molar-refractivity contribution >= 4 is 28.7 Å². The summed E-state index contributed by atoms with van der Waals surface area (Å²) in [5.74, 6) is 0.749. The summed E-state index contributed by atoms with van der Waals surface area (Å²) in [6.45, 7) is 22.9. The molecular formula is C34H69N5O3S. The average Bonchev–Trinajstić information content (AvgIpc) is 2.93. The van der Waals surface area contributed by atoms with Gasteiger partial charge in [-0.15, -0.1) is 0 Å². The average molecular weight is 628 g/mol. The Morgan fingerprint density at radius 3 is 1.95 bits per heavy atom. The molecule has 0 aliphatic carbocycles. The maximum atomic E-state index is 12.5. The zero-order valence-corrected chi connectivity index (χ0v) is 30.2. The molecule has 0 aliphatic heterocycles. The molecule has 0 heterocycles. The Kier molecular flexibility index (Phi) is 23.5. The van der Waals surface area contributed by atoms with Crippen LogP contribution >= 0.6 is 11.8 Å². The van der Waals surface area contributed by atoms with Gasteiger partial charge in [0, 0.05) is 67.8 Å². The van der Waals surface area contributed by atoms with Crippen LogP contribution in [0, 0.1) is 5.92 Å². The number of unbranched alkanes of at least 4 members (excludes halogenated alkanes) is 3. The van der Waals surface area contributed by atoms with Gasteiger partial charge in [-0.1, -0.05) is 65.6 Å². The van der Waals surface area contributed by atoms with Crippen molar-refractivity contribution in [1.29, 1.82) is 0 Å². The number of nitrogens with one attached hydrogen (secondary N) is 5. The number of thioether (sulfide) groups is 1. The van der Waals surface area contributed by atoms with Gasteiger partial charge in [0.1, 0.15) is 0 Å². The van der Waals surface area contributed by atoms with Crippen LogP contribution in [0.25, 0.3) is 0 Å². The maximum Gasteiger partial charge on any atom is 0.220 e. The fraction of sp³-hybridized carbons (Fsp3) is 0.912. The van der Waals surface area contributed by atoms with E-state index in [1.54, 1.807) is 0 Å². The van der Waals surface area contributed by atoms with Crippen molar-refractivity contribution in [2.24, 2.45) is 5.92 Å². The van der Waals surface area contributed by atoms with Crippen LogP contribution in [0.5, 0.6) is 0 Å². The third-order valence-electron chi connectivity index (χ3n) is 8.15. The summed E-state index contributed by atoms with van der Waals surface area (Å²) in [5.41, 5.74) is -0.196. The first-order chi connectivity index (χ1) is 20.2. The molecule has 0 aromatic carbocycles. The first kappa shape index (κ1) is 41.8. The molecule has 5 N–H and O–H groups in total. The van der Waals surface area contributed by atoms with E-state index in [-0.39, 0.29) is 34.0 Å². The Morgan fingerprint density at radius 1 is 0.721 bits per heavy atom. The number of hydrogen-bond donors (Lipinski definition) is 5. The van der Waals surface area contributed by atoms with Crippen molar-refractivity contribution < 1.29 is 14.4 Å². The van der Waals surface area contributed by atoms with Crippen LogP contribution in [0.1, 0.15) is 139 Å². The zero-order chi connectivity index (χ0) is 32.7. The lowest BCUT2D eigenvalue weighted by molar-refractivity contribution is -0.122. The minimum absolute atomic E-state index is 0.0390. The number of carbonyl (C=O) groups excluding carboxylic acids is 3. The van der Waals surface area contributed by atoms with Crippen LogP contribution in [0.2, 0.25) is 0 Å². The molecule has 9 heteroatoms. The van der Waals surface area contributed by atoms with Crippen molar-refractivity contribution in [3.8, 4) is 0 Å². The second-order valence-corrected chi connectivity index (χ2v) is 15.2. The predicted octanol–water partition coefficient (Wildman–Crippen LogP) is 5.94. The predicted molar refractivity (Wildman–Crippen MR) is 186 cm³/mol. The van der Waals surface area contributed by atoms with Crippen molar-refractivity contribution in [3.05, 3.63) is 0 Å². The normalized spacial score (nSPS) is 14.7. The van der Waals surface area contributed by atoms with E-state index < -0.39 is 0 Å². The van der Waals surface area contributed by atoms with E-state index in [2.05, 4.69) is 88.9 Å². The Balaban J connectivity index is 4.06. The standard InChI is InChI=1S/C34H69N5O3S/c1-10-12-13-14-21-38-33(7,8)19-17-30(40)37-24-25-39-34(9,11-2)20-18-31(41)36-23-22-35-28(5)15-16-32(42)43-29(6)26-27(3)4/h27-29,35,38-39H,10-26H2,1-9H3,(H,36,41)(H,37,40). The second kappa shape index (κ2) is 24.1. The molecule has 0 rings (SSSR count). The van der Waals surface area contributed by atoms with Crippen molar-refractivity contribution in [1.82, 2.24) is 26.6 Å². The van der Waals surface area contributed by atoms with Crippen LogP contribution in [-0.2, 0) is 14.4 Å². The molecule has 3 unspecified atom stereocenters. The van der Waals surface area contributed by atoms with Gasteiger partial charge in [-0.2, -0.15) is 0 Å². The lowest BCUT2D eigenvalue weighted by atomic mass is 9.92. The summed E-state index contributed by atoms with van der Waals surface area (Å²) in [6.07, 6.45) is 10.8. The highest BCUT2D eigenvalue weighted by Crippen LogP contribution is 2.21. The molecule has 0 aromatic rings. The van der Waals surface area contributed by atoms with Crippen LogP contribution in [0.3, 0.4) is 0 Å². The lowest BCUT2D eigenvalue weighted by Crippen LogP contribution is -2.46. The minimum Gasteiger partial charge on any atom is -0.355 e. The molecular weight excluding hydrogens is 558 g/mol. The summed E-state index contributed by atoms with van der Waals surface area (Å²) in [6, 6.07) is 0.235. The van der Waals surface area contributed by atoms with Crippen molar-refractivity contribution in [2.45, 2.75) is 162 Å². The highest BCUT2D eigenvalue weighted by molar-refractivity contribution is 8.14. The second-order valence-electron chi connectivity index (χ2n) is 13.7. The molecule has 43 heavy (non-hydrogen) atoms. The molecule has 0 aliphatic rings. The summed E-state index contributed by atoms with van der Waals surface area (Å²) in [5, 5.41) is 17.2. The molecule has 0 saturated carbocycles. The van der Waals surface area contributed by atoms with E-state index in [0.717, 1.165) is 38.6 Å². The van der Waals surface area contributed by atoms with Gasteiger partial charge in [0.15, 0.2) is 5.12 Å². The molecule has 8 nitrogen and oxygen atoms in total. The molecule has 3 atom stereocenters. The molecule has 0 spiro atoms. The van der Waals surface area contributed by atoms with E-state index in [1.807, 2.05) is 0 Å². The molecule has 0 radical (unpaired) electrons. The van der Waals surface area contributed by atoms with E-state index in [0.29, 0.717) is 56.6 Å². The molecule has 2 amide bonds. The van der Waals surface area contributed by atoms with E-state index >= 15 is 0 Å². The molecule has 0 aromatic heterocycles. The topological polar surface area (TPSA) is 111 Å². The fourth-order valence-electron chi connectivity index (χ4n) is 4.97. The summed E-state index contributed by atoms with van der Waals surface area (Å²) < 4.78 is 0. The van der Waals surface area contributed by atoms with Gasteiger partial charge in [0.05, 0.1) is 0 Å². The number of amides is 2. The van der Waals surface area contributed by atoms with Crippen molar-refractivity contribution in [2.75, 3.05) is 32.7 Å². The van der Waals surface area contributed by atoms with Crippen LogP contribution in [-0.4, -0.2) is 72.0 Å². The first-order valence-corrected chi connectivity index (χ1v) is 18.1. The van der Waals surface area contributed by atoms with Gasteiger partial charge >= 0.3 is 0 Å². The molecule has 254 valence electrons. The third-order valence-corrected chi connectivity index (χ3v) is 9.21. The quantitative estimate of drug-likeness (QED) is 0.0717. The van der Waals surface area contributed by atoms with Crippen LogP contribution < -0.4 is 26.6 Å². The van der Waals surface area contributed by atoms with Gasteiger partial charge in [-0.3, -0.25) is 14.4 Å². The van der Waals surface area contributed by atoms with Gasteiger partial charge in [0.25, 0.3) is 0 Å². The SMILES string of the molecule is CCCCCCNC(C)(C)CCC(=O)NCCNC(C)(CC)CCC(=O)NCCNC(C)CCC(=O)SC(C)CC(C)C. The number of carbonyl (C=O) groups is 3. The van der Waals surface area contributed by atoms with Gasteiger partial charge < -0.3 is 26.6 Å². The van der Waals surface area contributed by atoms with E-state index in [1.165, 1.54) is 37.4 Å². The van der Waals surface area contributed by atoms with Crippen molar-refractivity contribution in [3.63, 3.8) is 0 Å². The molecule has 0 bridgehead atoms. The van der Waals surface area contributed by atoms with Crippen LogP contribution in [0.15, 0.2) is 0 Å². The van der Waals surface area contributed by atoms with Crippen LogP contribution in [0.4, 0.5) is 0 Å². The fourth-order valence-corrected chi connectivity index (χ4v) is 6.13. The summed E-state index contributed by atoms with van der Waals surface area (Å²) >= 11 is 1.48. The zero-order valence-electron chi connectivity index (χ0n) is 29.4. The van der Waals surface area contributed by atoms with E-state index in [9.17, 15) is 14.4 Å². The van der Waals surface area contributed by atoms with Gasteiger partial charge in [-0.05, 0) is 78.7 Å². The first-order valence-electron chi connectivity index (χ1n) is 17.2. The Morgan fingerprint density at radius 2 is 1.35 bits per heavy atom.